The van der Waals surface area contributed by atoms with E-state index in [0.29, 0.717) is 12.5 Å². The molecule has 2 unspecified atom stereocenters. The van der Waals surface area contributed by atoms with E-state index in [1.54, 1.807) is 11.8 Å². The molecule has 0 aliphatic carbocycles. The molecule has 0 radical (unpaired) electrons. The molecule has 0 aromatic carbocycles. The first-order valence-corrected chi connectivity index (χ1v) is 8.27. The van der Waals surface area contributed by atoms with Crippen molar-refractivity contribution in [1.82, 2.24) is 10.6 Å². The fourth-order valence-corrected chi connectivity index (χ4v) is 3.56. The van der Waals surface area contributed by atoms with Gasteiger partial charge in [0.2, 0.25) is 0 Å². The van der Waals surface area contributed by atoms with Crippen LogP contribution >= 0.6 is 35.7 Å². The highest BCUT2D eigenvalue weighted by Gasteiger charge is 2.31. The summed E-state index contributed by atoms with van der Waals surface area (Å²) in [6.07, 6.45) is 1.96. The minimum Gasteiger partial charge on any atom is -0.387 e. The van der Waals surface area contributed by atoms with E-state index >= 15 is 0 Å². The first-order chi connectivity index (χ1) is 9.22. The van der Waals surface area contributed by atoms with E-state index in [4.69, 9.17) is 4.74 Å². The van der Waals surface area contributed by atoms with Gasteiger partial charge in [0, 0.05) is 31.4 Å². The number of rotatable bonds is 5. The van der Waals surface area contributed by atoms with Crippen molar-refractivity contribution < 1.29 is 9.84 Å². The third-order valence-electron chi connectivity index (χ3n) is 3.54. The summed E-state index contributed by atoms with van der Waals surface area (Å²) in [5.41, 5.74) is -0.608. The summed E-state index contributed by atoms with van der Waals surface area (Å²) in [6, 6.07) is 0. The topological polar surface area (TPSA) is 65.9 Å². The largest absolute Gasteiger partial charge is 0.387 e. The molecule has 2 rings (SSSR count). The van der Waals surface area contributed by atoms with Crippen molar-refractivity contribution in [3.63, 3.8) is 0 Å². The summed E-state index contributed by atoms with van der Waals surface area (Å²) in [5.74, 6) is 3.22. The molecule has 0 saturated carbocycles. The van der Waals surface area contributed by atoms with Crippen molar-refractivity contribution >= 4 is 41.7 Å². The lowest BCUT2D eigenvalue weighted by molar-refractivity contribution is 0.0778. The van der Waals surface area contributed by atoms with Crippen molar-refractivity contribution in [2.75, 3.05) is 44.4 Å². The maximum atomic E-state index is 10.3. The van der Waals surface area contributed by atoms with Crippen LogP contribution in [0.5, 0.6) is 0 Å². The molecule has 2 heterocycles. The van der Waals surface area contributed by atoms with Crippen LogP contribution < -0.4 is 10.6 Å². The van der Waals surface area contributed by atoms with Crippen LogP contribution in [0.1, 0.15) is 19.8 Å². The molecule has 0 spiro atoms. The predicted molar refractivity (Wildman–Crippen MR) is 95.2 cm³/mol. The molecule has 0 aromatic heterocycles. The number of hydrogen-bond acceptors (Lipinski definition) is 4. The molecule has 0 amide bonds. The van der Waals surface area contributed by atoms with Crippen LogP contribution in [0, 0.1) is 5.92 Å². The molecule has 5 nitrogen and oxygen atoms in total. The fraction of sp³-hybridized carbons (Fsp3) is 0.923. The number of guanidine groups is 1. The highest BCUT2D eigenvalue weighted by atomic mass is 127. The SMILES string of the molecule is CCNC(=NCC1(O)CCSC1)NCC1CCOC1.I. The quantitative estimate of drug-likeness (QED) is 0.356. The van der Waals surface area contributed by atoms with Crippen molar-refractivity contribution in [2.45, 2.75) is 25.4 Å². The molecule has 0 bridgehead atoms. The Morgan fingerprint density at radius 3 is 2.95 bits per heavy atom. The number of aliphatic imine (C=N–C) groups is 1. The third kappa shape index (κ3) is 5.95. The Kier molecular flexibility index (Phi) is 8.54. The Morgan fingerprint density at radius 2 is 2.35 bits per heavy atom. The van der Waals surface area contributed by atoms with Gasteiger partial charge in [0.1, 0.15) is 0 Å². The summed E-state index contributed by atoms with van der Waals surface area (Å²) in [7, 11) is 0. The van der Waals surface area contributed by atoms with Gasteiger partial charge in [-0.1, -0.05) is 0 Å². The zero-order valence-electron chi connectivity index (χ0n) is 12.1. The van der Waals surface area contributed by atoms with Gasteiger partial charge in [-0.25, -0.2) is 0 Å². The Hall–Kier alpha value is 0.270. The lowest BCUT2D eigenvalue weighted by Crippen LogP contribution is -2.42. The van der Waals surface area contributed by atoms with Gasteiger partial charge in [0.25, 0.3) is 0 Å². The number of aliphatic hydroxyl groups is 1. The highest BCUT2D eigenvalue weighted by Crippen LogP contribution is 2.27. The Balaban J connectivity index is 0.00000200. The summed E-state index contributed by atoms with van der Waals surface area (Å²) < 4.78 is 5.36. The van der Waals surface area contributed by atoms with Gasteiger partial charge < -0.3 is 20.5 Å². The number of nitrogens with one attached hydrogen (secondary N) is 2. The second-order valence-electron chi connectivity index (χ2n) is 5.33. The maximum Gasteiger partial charge on any atom is 0.191 e. The monoisotopic (exact) mass is 415 g/mol. The van der Waals surface area contributed by atoms with Gasteiger partial charge in [0.05, 0.1) is 18.8 Å². The predicted octanol–water partition coefficient (Wildman–Crippen LogP) is 1.06. The lowest BCUT2D eigenvalue weighted by Gasteiger charge is -2.20. The standard InChI is InChI=1S/C13H25N3O2S.HI/c1-2-14-12(15-7-11-3-5-18-8-11)16-9-13(17)4-6-19-10-13;/h11,17H,2-10H2,1H3,(H2,14,15,16);1H. The van der Waals surface area contributed by atoms with Gasteiger partial charge in [-0.15, -0.1) is 24.0 Å². The van der Waals surface area contributed by atoms with Gasteiger partial charge in [0.15, 0.2) is 5.96 Å². The Labute approximate surface area is 142 Å². The Morgan fingerprint density at radius 1 is 1.50 bits per heavy atom. The first-order valence-electron chi connectivity index (χ1n) is 7.12. The molecule has 2 saturated heterocycles. The molecule has 2 fully saturated rings. The molecular weight excluding hydrogens is 389 g/mol. The van der Waals surface area contributed by atoms with Crippen LogP contribution in [-0.2, 0) is 4.74 Å². The highest BCUT2D eigenvalue weighted by molar-refractivity contribution is 14.0. The normalized spacial score (nSPS) is 30.1. The second-order valence-corrected chi connectivity index (χ2v) is 6.44. The second kappa shape index (κ2) is 9.32. The number of nitrogens with zero attached hydrogens (tertiary/aromatic N) is 1. The molecule has 20 heavy (non-hydrogen) atoms. The average molecular weight is 415 g/mol. The van der Waals surface area contributed by atoms with Gasteiger partial charge in [-0.2, -0.15) is 11.8 Å². The van der Waals surface area contributed by atoms with Crippen molar-refractivity contribution in [2.24, 2.45) is 10.9 Å². The molecule has 2 aliphatic heterocycles. The van der Waals surface area contributed by atoms with Crippen molar-refractivity contribution in [1.29, 1.82) is 0 Å². The zero-order valence-corrected chi connectivity index (χ0v) is 15.2. The van der Waals surface area contributed by atoms with Crippen molar-refractivity contribution in [3.8, 4) is 0 Å². The van der Waals surface area contributed by atoms with E-state index in [-0.39, 0.29) is 24.0 Å². The van der Waals surface area contributed by atoms with Gasteiger partial charge in [-0.3, -0.25) is 4.99 Å². The van der Waals surface area contributed by atoms with Crippen LogP contribution in [0.15, 0.2) is 4.99 Å². The van der Waals surface area contributed by atoms with Gasteiger partial charge >= 0.3 is 0 Å². The minimum atomic E-state index is -0.608. The van der Waals surface area contributed by atoms with Gasteiger partial charge in [-0.05, 0) is 25.5 Å². The van der Waals surface area contributed by atoms with E-state index in [1.165, 1.54) is 0 Å². The summed E-state index contributed by atoms with van der Waals surface area (Å²) in [5, 5.41) is 16.9. The number of thioether (sulfide) groups is 1. The Bertz CT molecular complexity index is 306. The molecule has 3 N–H and O–H groups in total. The van der Waals surface area contributed by atoms with E-state index in [0.717, 1.165) is 56.6 Å². The third-order valence-corrected chi connectivity index (χ3v) is 4.77. The fourth-order valence-electron chi connectivity index (χ4n) is 2.27. The summed E-state index contributed by atoms with van der Waals surface area (Å²) >= 11 is 1.80. The lowest BCUT2D eigenvalue weighted by atomic mass is 10.0. The van der Waals surface area contributed by atoms with E-state index in [1.807, 2.05) is 0 Å². The van der Waals surface area contributed by atoms with E-state index in [9.17, 15) is 5.11 Å². The first kappa shape index (κ1) is 18.3. The molecule has 118 valence electrons. The molecule has 7 heteroatoms. The van der Waals surface area contributed by atoms with Crippen LogP contribution in [0.2, 0.25) is 0 Å². The number of hydrogen-bond donors (Lipinski definition) is 3. The van der Waals surface area contributed by atoms with E-state index in [2.05, 4.69) is 22.5 Å². The average Bonchev–Trinajstić information content (AvgIpc) is 3.05. The summed E-state index contributed by atoms with van der Waals surface area (Å²) in [6.45, 7) is 5.97. The number of ether oxygens (including phenoxy) is 1. The van der Waals surface area contributed by atoms with Crippen LogP contribution in [0.4, 0.5) is 0 Å². The van der Waals surface area contributed by atoms with E-state index < -0.39 is 5.60 Å². The van der Waals surface area contributed by atoms with Crippen molar-refractivity contribution in [3.05, 3.63) is 0 Å². The molecule has 0 aromatic rings. The minimum absolute atomic E-state index is 0. The van der Waals surface area contributed by atoms with Crippen LogP contribution in [0.3, 0.4) is 0 Å². The molecular formula is C13H26IN3O2S. The summed E-state index contributed by atoms with van der Waals surface area (Å²) in [4.78, 5) is 4.52. The van der Waals surface area contributed by atoms with Crippen LogP contribution in [0.25, 0.3) is 0 Å². The molecule has 2 atom stereocenters. The van der Waals surface area contributed by atoms with Crippen LogP contribution in [-0.4, -0.2) is 61.0 Å². The number of halogens is 1. The zero-order chi connectivity index (χ0) is 13.6. The smallest absolute Gasteiger partial charge is 0.191 e. The maximum absolute atomic E-state index is 10.3. The molecule has 2 aliphatic rings.